The number of rotatable bonds is 7. The summed E-state index contributed by atoms with van der Waals surface area (Å²) in [4.78, 5) is 19.6. The van der Waals surface area contributed by atoms with Crippen LogP contribution in [0.2, 0.25) is 18.1 Å². The lowest BCUT2D eigenvalue weighted by atomic mass is 10.0. The van der Waals surface area contributed by atoms with Crippen LogP contribution in [-0.4, -0.2) is 72.2 Å². The van der Waals surface area contributed by atoms with Gasteiger partial charge in [-0.3, -0.25) is 4.90 Å². The zero-order chi connectivity index (χ0) is 22.8. The molecule has 1 N–H and O–H groups in total. The number of carboxylic acid groups (broad SMARTS) is 1. The predicted octanol–water partition coefficient (Wildman–Crippen LogP) is 4.48. The van der Waals surface area contributed by atoms with Crippen molar-refractivity contribution in [3.05, 3.63) is 36.2 Å². The fourth-order valence-electron chi connectivity index (χ4n) is 3.66. The summed E-state index contributed by atoms with van der Waals surface area (Å²) in [5.41, 5.74) is 1.71. The first kappa shape index (κ1) is 23.4. The summed E-state index contributed by atoms with van der Waals surface area (Å²) >= 11 is 0. The molecule has 8 nitrogen and oxygen atoms in total. The minimum Gasteiger partial charge on any atom is -0.465 e. The Labute approximate surface area is 185 Å². The highest BCUT2D eigenvalue weighted by Gasteiger charge is 2.41. The third kappa shape index (κ3) is 5.52. The van der Waals surface area contributed by atoms with Gasteiger partial charge in [0.05, 0.1) is 12.1 Å². The molecule has 1 aromatic carbocycles. The molecular formula is C22H34N4O4Si. The third-order valence-corrected chi connectivity index (χ3v) is 11.1. The van der Waals surface area contributed by atoms with Gasteiger partial charge in [0.25, 0.3) is 0 Å². The average molecular weight is 447 g/mol. The van der Waals surface area contributed by atoms with Crippen LogP contribution in [0.15, 0.2) is 35.2 Å². The SMILES string of the molecule is CN(C(=O)O)C(CN1CC[C@H](O[Si](C)(C)C(C)(C)C)C1)c1cccc(-c2ncon2)c1. The van der Waals surface area contributed by atoms with Gasteiger partial charge in [0.15, 0.2) is 8.32 Å². The standard InChI is InChI=1S/C22H34N4O4Si/c1-22(2,3)31(5,6)30-18-10-11-26(13-18)14-19(25(4)21(27)28)16-8-7-9-17(12-16)20-23-15-29-24-20/h7-9,12,15,18-19H,10-11,13-14H2,1-6H3,(H,27,28)/t18-,19?/m0/s1. The van der Waals surface area contributed by atoms with Crippen LogP contribution in [-0.2, 0) is 4.43 Å². The molecule has 0 saturated carbocycles. The van der Waals surface area contributed by atoms with Crippen molar-refractivity contribution >= 4 is 14.4 Å². The van der Waals surface area contributed by atoms with E-state index in [1.165, 1.54) is 11.3 Å². The molecule has 1 unspecified atom stereocenters. The summed E-state index contributed by atoms with van der Waals surface area (Å²) in [6.07, 6.45) is 1.50. The molecule has 2 atom stereocenters. The second-order valence-electron chi connectivity index (χ2n) is 9.84. The molecule has 1 amide bonds. The van der Waals surface area contributed by atoms with Gasteiger partial charge in [-0.1, -0.05) is 44.1 Å². The van der Waals surface area contributed by atoms with Crippen LogP contribution >= 0.6 is 0 Å². The van der Waals surface area contributed by atoms with Gasteiger partial charge < -0.3 is 19.0 Å². The number of hydrogen-bond acceptors (Lipinski definition) is 6. The second-order valence-corrected chi connectivity index (χ2v) is 14.6. The first-order valence-electron chi connectivity index (χ1n) is 10.7. The molecule has 1 aliphatic rings. The van der Waals surface area contributed by atoms with Crippen molar-refractivity contribution in [2.75, 3.05) is 26.7 Å². The average Bonchev–Trinajstić information content (AvgIpc) is 3.36. The molecule has 0 aliphatic carbocycles. The van der Waals surface area contributed by atoms with Gasteiger partial charge in [-0.15, -0.1) is 0 Å². The highest BCUT2D eigenvalue weighted by atomic mass is 28.4. The molecule has 170 valence electrons. The summed E-state index contributed by atoms with van der Waals surface area (Å²) in [6, 6.07) is 7.38. The van der Waals surface area contributed by atoms with E-state index in [0.717, 1.165) is 30.6 Å². The van der Waals surface area contributed by atoms with Crippen LogP contribution in [0.4, 0.5) is 4.79 Å². The summed E-state index contributed by atoms with van der Waals surface area (Å²) < 4.78 is 11.5. The fourth-order valence-corrected chi connectivity index (χ4v) is 5.04. The third-order valence-electron chi connectivity index (χ3n) is 6.59. The molecule has 0 radical (unpaired) electrons. The number of likely N-dealkylation sites (N-methyl/N-ethyl adjacent to an activating group) is 1. The maximum absolute atomic E-state index is 11.8. The Hall–Kier alpha value is -2.23. The van der Waals surface area contributed by atoms with Crippen LogP contribution in [0.3, 0.4) is 0 Å². The lowest BCUT2D eigenvalue weighted by Gasteiger charge is -2.38. The maximum Gasteiger partial charge on any atom is 0.407 e. The normalized spacial score (nSPS) is 18.8. The summed E-state index contributed by atoms with van der Waals surface area (Å²) in [6.45, 7) is 13.6. The zero-order valence-electron chi connectivity index (χ0n) is 19.3. The number of aromatic nitrogens is 2. The van der Waals surface area contributed by atoms with E-state index in [0.29, 0.717) is 12.4 Å². The first-order valence-corrected chi connectivity index (χ1v) is 13.6. The van der Waals surface area contributed by atoms with E-state index in [2.05, 4.69) is 48.9 Å². The Morgan fingerprint density at radius 3 is 2.77 bits per heavy atom. The predicted molar refractivity (Wildman–Crippen MR) is 121 cm³/mol. The molecule has 2 aromatic rings. The van der Waals surface area contributed by atoms with Crippen LogP contribution in [0.1, 0.15) is 38.8 Å². The monoisotopic (exact) mass is 446 g/mol. The molecule has 1 saturated heterocycles. The first-order chi connectivity index (χ1) is 14.5. The van der Waals surface area contributed by atoms with E-state index in [1.807, 2.05) is 24.3 Å². The zero-order valence-corrected chi connectivity index (χ0v) is 20.3. The second kappa shape index (κ2) is 9.10. The van der Waals surface area contributed by atoms with Gasteiger partial charge >= 0.3 is 6.09 Å². The van der Waals surface area contributed by atoms with Gasteiger partial charge in [-0.05, 0) is 36.2 Å². The molecule has 0 bridgehead atoms. The molecule has 3 rings (SSSR count). The van der Waals surface area contributed by atoms with Crippen LogP contribution < -0.4 is 0 Å². The van der Waals surface area contributed by atoms with Crippen LogP contribution in [0, 0.1) is 0 Å². The van der Waals surface area contributed by atoms with Crippen molar-refractivity contribution in [2.24, 2.45) is 0 Å². The molecule has 1 fully saturated rings. The van der Waals surface area contributed by atoms with Crippen molar-refractivity contribution < 1.29 is 18.9 Å². The van der Waals surface area contributed by atoms with Gasteiger partial charge in [0, 0.05) is 32.2 Å². The fraction of sp³-hybridized carbons (Fsp3) is 0.591. The van der Waals surface area contributed by atoms with E-state index in [4.69, 9.17) is 8.95 Å². The Balaban J connectivity index is 1.75. The molecule has 9 heteroatoms. The van der Waals surface area contributed by atoms with Gasteiger partial charge in [0.2, 0.25) is 12.2 Å². The Bertz CT molecular complexity index is 882. The molecule has 31 heavy (non-hydrogen) atoms. The number of nitrogens with zero attached hydrogens (tertiary/aromatic N) is 4. The van der Waals surface area contributed by atoms with E-state index in [-0.39, 0.29) is 17.2 Å². The topological polar surface area (TPSA) is 91.9 Å². The molecule has 1 aliphatic heterocycles. The van der Waals surface area contributed by atoms with Gasteiger partial charge in [-0.25, -0.2) is 4.79 Å². The van der Waals surface area contributed by atoms with Crippen molar-refractivity contribution in [3.63, 3.8) is 0 Å². The lowest BCUT2D eigenvalue weighted by Crippen LogP contribution is -2.45. The Morgan fingerprint density at radius 2 is 2.16 bits per heavy atom. The summed E-state index contributed by atoms with van der Waals surface area (Å²) in [5.74, 6) is 0.489. The number of carbonyl (C=O) groups is 1. The van der Waals surface area contributed by atoms with Crippen molar-refractivity contribution in [1.29, 1.82) is 0 Å². The number of likely N-dealkylation sites (tertiary alicyclic amines) is 1. The summed E-state index contributed by atoms with van der Waals surface area (Å²) in [5, 5.41) is 13.7. The molecular weight excluding hydrogens is 412 g/mol. The smallest absolute Gasteiger partial charge is 0.407 e. The number of benzene rings is 1. The van der Waals surface area contributed by atoms with E-state index >= 15 is 0 Å². The van der Waals surface area contributed by atoms with Crippen molar-refractivity contribution in [3.8, 4) is 11.4 Å². The van der Waals surface area contributed by atoms with E-state index in [9.17, 15) is 9.90 Å². The molecule has 1 aromatic heterocycles. The van der Waals surface area contributed by atoms with Crippen LogP contribution in [0.25, 0.3) is 11.4 Å². The highest BCUT2D eigenvalue weighted by Crippen LogP contribution is 2.38. The maximum atomic E-state index is 11.8. The van der Waals surface area contributed by atoms with E-state index < -0.39 is 14.4 Å². The number of amides is 1. The van der Waals surface area contributed by atoms with Crippen LogP contribution in [0.5, 0.6) is 0 Å². The summed E-state index contributed by atoms with van der Waals surface area (Å²) in [7, 11) is -0.217. The Kier molecular flexibility index (Phi) is 6.87. The van der Waals surface area contributed by atoms with Crippen molar-refractivity contribution in [1.82, 2.24) is 19.9 Å². The largest absolute Gasteiger partial charge is 0.465 e. The van der Waals surface area contributed by atoms with E-state index in [1.54, 1.807) is 7.05 Å². The van der Waals surface area contributed by atoms with Crippen molar-refractivity contribution in [2.45, 2.75) is 57.5 Å². The number of hydrogen-bond donors (Lipinski definition) is 1. The van der Waals surface area contributed by atoms with Gasteiger partial charge in [0.1, 0.15) is 0 Å². The minimum atomic E-state index is -1.84. The van der Waals surface area contributed by atoms with Gasteiger partial charge in [-0.2, -0.15) is 4.98 Å². The molecule has 2 heterocycles. The highest BCUT2D eigenvalue weighted by molar-refractivity contribution is 6.74. The molecule has 0 spiro atoms. The quantitative estimate of drug-likeness (QED) is 0.627. The minimum absolute atomic E-state index is 0.169. The lowest BCUT2D eigenvalue weighted by molar-refractivity contribution is 0.121. The Morgan fingerprint density at radius 1 is 1.42 bits per heavy atom.